The molecule has 45 heavy (non-hydrogen) atoms. The van der Waals surface area contributed by atoms with Gasteiger partial charge < -0.3 is 26.0 Å². The molecule has 1 aromatic heterocycles. The molecular weight excluding hydrogens is 590 g/mol. The van der Waals surface area contributed by atoms with E-state index in [4.69, 9.17) is 0 Å². The number of aliphatic hydroxyl groups is 1. The van der Waals surface area contributed by atoms with Gasteiger partial charge in [-0.15, -0.1) is 11.8 Å². The molecule has 2 heterocycles. The SMILES string of the molecule is CC(C)(C)NC(=O)[C@H]1N(C(=O)[C@@H](O)[C@H](Cc2ccccc2)NC(=O)c2ccccc2C(=O)NCc2ccccn2)CSC1(C)C. The standard InChI is InChI=1S/C34H41N5O5S/c1-33(2,3)38-31(43)28-34(4,5)45-21-39(28)32(44)27(40)26(19-22-13-7-6-8-14-22)37-30(42)25-17-10-9-16-24(25)29(41)36-20-23-15-11-12-18-35-23/h6-18,26-28,40H,19-21H2,1-5H3,(H,36,41)(H,37,42)(H,38,43)/t26-,27-,28+/m0/s1. The Morgan fingerprint density at radius 1 is 0.956 bits per heavy atom. The highest BCUT2D eigenvalue weighted by Gasteiger charge is 2.50. The van der Waals surface area contributed by atoms with Crippen molar-refractivity contribution in [3.8, 4) is 0 Å². The quantitative estimate of drug-likeness (QED) is 0.269. The van der Waals surface area contributed by atoms with Crippen LogP contribution in [0.3, 0.4) is 0 Å². The van der Waals surface area contributed by atoms with Crippen molar-refractivity contribution in [1.29, 1.82) is 0 Å². The third-order valence-corrected chi connectivity index (χ3v) is 8.77. The molecule has 238 valence electrons. The number of hydrogen-bond donors (Lipinski definition) is 4. The smallest absolute Gasteiger partial charge is 0.254 e. The highest BCUT2D eigenvalue weighted by Crippen LogP contribution is 2.40. The van der Waals surface area contributed by atoms with Crippen LogP contribution < -0.4 is 16.0 Å². The fraction of sp³-hybridized carbons (Fsp3) is 0.382. The third kappa shape index (κ3) is 8.70. The van der Waals surface area contributed by atoms with Gasteiger partial charge >= 0.3 is 0 Å². The van der Waals surface area contributed by atoms with Crippen LogP contribution in [0.4, 0.5) is 0 Å². The molecule has 1 aliphatic heterocycles. The number of nitrogens with one attached hydrogen (secondary N) is 3. The Bertz CT molecular complexity index is 1510. The lowest BCUT2D eigenvalue weighted by Crippen LogP contribution is -2.60. The number of carbonyl (C=O) groups excluding carboxylic acids is 4. The summed E-state index contributed by atoms with van der Waals surface area (Å²) in [4.78, 5) is 59.7. The van der Waals surface area contributed by atoms with Crippen LogP contribution in [0, 0.1) is 0 Å². The van der Waals surface area contributed by atoms with E-state index in [0.717, 1.165) is 5.56 Å². The van der Waals surface area contributed by atoms with Crippen molar-refractivity contribution in [2.45, 2.75) is 76.1 Å². The van der Waals surface area contributed by atoms with Crippen molar-refractivity contribution in [1.82, 2.24) is 25.8 Å². The molecule has 1 aliphatic rings. The van der Waals surface area contributed by atoms with E-state index in [1.165, 1.54) is 22.7 Å². The molecule has 10 nitrogen and oxygen atoms in total. The lowest BCUT2D eigenvalue weighted by atomic mass is 9.96. The van der Waals surface area contributed by atoms with Crippen molar-refractivity contribution in [2.24, 2.45) is 0 Å². The Labute approximate surface area is 268 Å². The summed E-state index contributed by atoms with van der Waals surface area (Å²) in [6.07, 6.45) is 0.0962. The summed E-state index contributed by atoms with van der Waals surface area (Å²) in [6.45, 7) is 9.55. The van der Waals surface area contributed by atoms with Gasteiger partial charge in [0.1, 0.15) is 6.04 Å². The second-order valence-corrected chi connectivity index (χ2v) is 14.2. The van der Waals surface area contributed by atoms with E-state index in [0.29, 0.717) is 5.69 Å². The minimum atomic E-state index is -1.67. The molecule has 0 aliphatic carbocycles. The molecule has 0 unspecified atom stereocenters. The summed E-state index contributed by atoms with van der Waals surface area (Å²) in [5.74, 6) is -1.86. The number of thioether (sulfide) groups is 1. The van der Waals surface area contributed by atoms with Crippen molar-refractivity contribution < 1.29 is 24.3 Å². The first-order chi connectivity index (χ1) is 21.3. The van der Waals surface area contributed by atoms with Crippen molar-refractivity contribution in [3.05, 3.63) is 101 Å². The van der Waals surface area contributed by atoms with Crippen LogP contribution in [0.5, 0.6) is 0 Å². The predicted octanol–water partition coefficient (Wildman–Crippen LogP) is 3.31. The fourth-order valence-electron chi connectivity index (χ4n) is 5.20. The van der Waals surface area contributed by atoms with Crippen molar-refractivity contribution >= 4 is 35.4 Å². The Balaban J connectivity index is 1.58. The van der Waals surface area contributed by atoms with Crippen LogP contribution >= 0.6 is 11.8 Å². The number of rotatable bonds is 10. The monoisotopic (exact) mass is 631 g/mol. The zero-order valence-electron chi connectivity index (χ0n) is 26.2. The number of nitrogens with zero attached hydrogens (tertiary/aromatic N) is 2. The van der Waals surface area contributed by atoms with Gasteiger partial charge in [-0.2, -0.15) is 0 Å². The van der Waals surface area contributed by atoms with Gasteiger partial charge in [0.15, 0.2) is 6.10 Å². The van der Waals surface area contributed by atoms with E-state index in [2.05, 4.69) is 20.9 Å². The van der Waals surface area contributed by atoms with E-state index in [9.17, 15) is 24.3 Å². The molecule has 1 saturated heterocycles. The summed E-state index contributed by atoms with van der Waals surface area (Å²) in [5.41, 5.74) is 1.16. The Kier molecular flexibility index (Phi) is 10.7. The van der Waals surface area contributed by atoms with Crippen molar-refractivity contribution in [2.75, 3.05) is 5.88 Å². The van der Waals surface area contributed by atoms with Gasteiger partial charge in [-0.3, -0.25) is 24.2 Å². The largest absolute Gasteiger partial charge is 0.381 e. The highest BCUT2D eigenvalue weighted by atomic mass is 32.2. The lowest BCUT2D eigenvalue weighted by Gasteiger charge is -2.35. The van der Waals surface area contributed by atoms with Gasteiger partial charge in [0.05, 0.1) is 35.3 Å². The number of benzene rings is 2. The molecule has 4 amide bonds. The molecule has 2 aromatic carbocycles. The van der Waals surface area contributed by atoms with Gasteiger partial charge in [-0.25, -0.2) is 0 Å². The first kappa shape index (κ1) is 33.7. The summed E-state index contributed by atoms with van der Waals surface area (Å²) in [7, 11) is 0. The van der Waals surface area contributed by atoms with Crippen molar-refractivity contribution in [3.63, 3.8) is 0 Å². The minimum Gasteiger partial charge on any atom is -0.381 e. The molecule has 0 bridgehead atoms. The molecular formula is C34H41N5O5S. The maximum Gasteiger partial charge on any atom is 0.254 e. The molecule has 4 rings (SSSR count). The highest BCUT2D eigenvalue weighted by molar-refractivity contribution is 8.00. The molecule has 0 spiro atoms. The van der Waals surface area contributed by atoms with Gasteiger partial charge in [-0.05, 0) is 70.9 Å². The first-order valence-corrected chi connectivity index (χ1v) is 15.8. The maximum atomic E-state index is 13.9. The number of aromatic nitrogens is 1. The third-order valence-electron chi connectivity index (χ3n) is 7.40. The van der Waals surface area contributed by atoms with Crippen LogP contribution in [-0.2, 0) is 22.6 Å². The number of pyridine rings is 1. The summed E-state index contributed by atoms with van der Waals surface area (Å²) >= 11 is 1.45. The lowest BCUT2D eigenvalue weighted by molar-refractivity contribution is -0.147. The van der Waals surface area contributed by atoms with Crippen LogP contribution in [0.1, 0.15) is 66.6 Å². The normalized spacial score (nSPS) is 17.2. The van der Waals surface area contributed by atoms with Gasteiger partial charge in [0.25, 0.3) is 17.7 Å². The van der Waals surface area contributed by atoms with Crippen LogP contribution in [0.2, 0.25) is 0 Å². The second kappa shape index (κ2) is 14.3. The van der Waals surface area contributed by atoms with Crippen LogP contribution in [0.25, 0.3) is 0 Å². The Hall–Kier alpha value is -4.22. The number of aliphatic hydroxyl groups excluding tert-OH is 1. The number of carbonyl (C=O) groups is 4. The average Bonchev–Trinajstić information content (AvgIpc) is 3.33. The number of amides is 4. The zero-order chi connectivity index (χ0) is 32.8. The Morgan fingerprint density at radius 2 is 1.58 bits per heavy atom. The molecule has 1 fully saturated rings. The molecule has 0 radical (unpaired) electrons. The second-order valence-electron chi connectivity index (χ2n) is 12.6. The van der Waals surface area contributed by atoms with Gasteiger partial charge in [0, 0.05) is 16.5 Å². The summed E-state index contributed by atoms with van der Waals surface area (Å²) < 4.78 is -0.607. The van der Waals surface area contributed by atoms with Gasteiger partial charge in [0.2, 0.25) is 5.91 Å². The van der Waals surface area contributed by atoms with E-state index < -0.39 is 46.2 Å². The number of hydrogen-bond acceptors (Lipinski definition) is 7. The predicted molar refractivity (Wildman–Crippen MR) is 174 cm³/mol. The van der Waals surface area contributed by atoms with E-state index in [1.54, 1.807) is 36.5 Å². The first-order valence-electron chi connectivity index (χ1n) is 14.8. The molecule has 0 saturated carbocycles. The maximum absolute atomic E-state index is 13.9. The molecule has 3 aromatic rings. The van der Waals surface area contributed by atoms with E-state index in [1.807, 2.05) is 71.0 Å². The van der Waals surface area contributed by atoms with Crippen LogP contribution in [0.15, 0.2) is 79.0 Å². The Morgan fingerprint density at radius 3 is 2.20 bits per heavy atom. The van der Waals surface area contributed by atoms with Gasteiger partial charge in [-0.1, -0.05) is 48.5 Å². The van der Waals surface area contributed by atoms with Crippen LogP contribution in [-0.4, -0.2) is 73.0 Å². The topological polar surface area (TPSA) is 141 Å². The minimum absolute atomic E-state index is 0.0917. The van der Waals surface area contributed by atoms with E-state index in [-0.39, 0.29) is 35.9 Å². The molecule has 4 N–H and O–H groups in total. The fourth-order valence-corrected chi connectivity index (χ4v) is 6.34. The van der Waals surface area contributed by atoms with E-state index >= 15 is 0 Å². The molecule has 11 heteroatoms. The molecule has 3 atom stereocenters. The summed E-state index contributed by atoms with van der Waals surface area (Å²) in [6, 6.07) is 19.0. The zero-order valence-corrected chi connectivity index (χ0v) is 27.1. The average molecular weight is 632 g/mol. The summed E-state index contributed by atoms with van der Waals surface area (Å²) in [5, 5.41) is 20.1.